The Morgan fingerprint density at radius 3 is 2.93 bits per heavy atom. The standard InChI is InChI=1S/C22H19N2O4P/c1-14-3-2-4-15(11-14)20-8-10-27-29(26,28-20)17-12-16-5-6-18-19(25)7-9-23-22(18)21(16)24-13-17/h2-7,9,11-13,20H,8,10H2,1H3,(H,23,25)/t20-,29-/m0/s1. The Hall–Kier alpha value is -2.79. The number of nitrogens with one attached hydrogen (secondary N) is 1. The van der Waals surface area contributed by atoms with Crippen molar-refractivity contribution in [3.05, 3.63) is 82.3 Å². The smallest absolute Gasteiger partial charge is 0.359 e. The number of hydrogen-bond acceptors (Lipinski definition) is 5. The van der Waals surface area contributed by atoms with Gasteiger partial charge in [-0.2, -0.15) is 0 Å². The first-order chi connectivity index (χ1) is 14.0. The first kappa shape index (κ1) is 18.3. The third-order valence-electron chi connectivity index (χ3n) is 5.20. The normalized spacial score (nSPS) is 22.2. The molecule has 29 heavy (non-hydrogen) atoms. The molecule has 5 rings (SSSR count). The minimum absolute atomic E-state index is 0.0701. The molecule has 2 atom stereocenters. The lowest BCUT2D eigenvalue weighted by atomic mass is 10.0. The van der Waals surface area contributed by atoms with E-state index in [2.05, 4.69) is 9.97 Å². The molecular weight excluding hydrogens is 387 g/mol. The molecule has 0 spiro atoms. The number of hydrogen-bond donors (Lipinski definition) is 1. The van der Waals surface area contributed by atoms with Gasteiger partial charge in [0.05, 0.1) is 29.0 Å². The summed E-state index contributed by atoms with van der Waals surface area (Å²) in [6.45, 7) is 2.36. The van der Waals surface area contributed by atoms with Crippen LogP contribution < -0.4 is 10.7 Å². The molecule has 7 heteroatoms. The van der Waals surface area contributed by atoms with Crippen molar-refractivity contribution in [2.45, 2.75) is 19.4 Å². The molecule has 1 aliphatic heterocycles. The van der Waals surface area contributed by atoms with Crippen LogP contribution in [0.3, 0.4) is 0 Å². The molecule has 0 aliphatic carbocycles. The van der Waals surface area contributed by atoms with E-state index in [9.17, 15) is 9.36 Å². The van der Waals surface area contributed by atoms with Crippen molar-refractivity contribution in [2.24, 2.45) is 0 Å². The quantitative estimate of drug-likeness (QED) is 0.395. The van der Waals surface area contributed by atoms with Crippen LogP contribution in [0, 0.1) is 6.92 Å². The zero-order chi connectivity index (χ0) is 20.0. The molecule has 4 aromatic rings. The van der Waals surface area contributed by atoms with E-state index in [1.807, 2.05) is 31.2 Å². The van der Waals surface area contributed by atoms with E-state index in [0.29, 0.717) is 34.8 Å². The van der Waals surface area contributed by atoms with Gasteiger partial charge in [0, 0.05) is 35.7 Å². The highest BCUT2D eigenvalue weighted by atomic mass is 31.2. The topological polar surface area (TPSA) is 81.3 Å². The fourth-order valence-electron chi connectivity index (χ4n) is 3.75. The Balaban J connectivity index is 1.56. The highest BCUT2D eigenvalue weighted by Gasteiger charge is 2.36. The van der Waals surface area contributed by atoms with E-state index in [4.69, 9.17) is 9.05 Å². The summed E-state index contributed by atoms with van der Waals surface area (Å²) in [5, 5.41) is 1.74. The van der Waals surface area contributed by atoms with Crippen LogP contribution in [0.4, 0.5) is 0 Å². The molecule has 1 fully saturated rings. The van der Waals surface area contributed by atoms with E-state index < -0.39 is 7.60 Å². The van der Waals surface area contributed by atoms with Crippen molar-refractivity contribution in [1.82, 2.24) is 9.97 Å². The van der Waals surface area contributed by atoms with Gasteiger partial charge in [-0.1, -0.05) is 35.9 Å². The minimum Gasteiger partial charge on any atom is -0.359 e. The van der Waals surface area contributed by atoms with Gasteiger partial charge in [0.15, 0.2) is 5.43 Å². The Labute approximate surface area is 167 Å². The Morgan fingerprint density at radius 1 is 1.17 bits per heavy atom. The second-order valence-electron chi connectivity index (χ2n) is 7.22. The summed E-state index contributed by atoms with van der Waals surface area (Å²) in [5.41, 5.74) is 3.34. The molecule has 3 heterocycles. The van der Waals surface area contributed by atoms with Gasteiger partial charge in [-0.3, -0.25) is 18.9 Å². The maximum absolute atomic E-state index is 13.5. The number of aromatic nitrogens is 2. The second-order valence-corrected chi connectivity index (χ2v) is 9.20. The van der Waals surface area contributed by atoms with Gasteiger partial charge < -0.3 is 9.51 Å². The number of aryl methyl sites for hydroxylation is 1. The summed E-state index contributed by atoms with van der Waals surface area (Å²) in [4.78, 5) is 19.6. The Bertz CT molecular complexity index is 1350. The molecule has 2 aromatic carbocycles. The van der Waals surface area contributed by atoms with Crippen molar-refractivity contribution in [3.63, 3.8) is 0 Å². The predicted molar refractivity (Wildman–Crippen MR) is 113 cm³/mol. The van der Waals surface area contributed by atoms with Crippen LogP contribution in [0.1, 0.15) is 23.7 Å². The average Bonchev–Trinajstić information content (AvgIpc) is 2.73. The molecule has 0 bridgehead atoms. The predicted octanol–water partition coefficient (Wildman–Crippen LogP) is 4.38. The highest BCUT2D eigenvalue weighted by molar-refractivity contribution is 7.62. The first-order valence-corrected chi connectivity index (χ1v) is 11.0. The van der Waals surface area contributed by atoms with Crippen LogP contribution in [0.2, 0.25) is 0 Å². The van der Waals surface area contributed by atoms with Crippen LogP contribution in [-0.4, -0.2) is 16.6 Å². The molecule has 1 saturated heterocycles. The number of benzene rings is 2. The minimum atomic E-state index is -3.51. The molecule has 0 radical (unpaired) electrons. The maximum Gasteiger partial charge on any atom is 0.363 e. The van der Waals surface area contributed by atoms with E-state index in [-0.39, 0.29) is 11.5 Å². The third kappa shape index (κ3) is 3.19. The lowest BCUT2D eigenvalue weighted by Crippen LogP contribution is -2.20. The van der Waals surface area contributed by atoms with Crippen molar-refractivity contribution < 1.29 is 13.6 Å². The lowest BCUT2D eigenvalue weighted by molar-refractivity contribution is 0.0875. The molecule has 0 unspecified atom stereocenters. The monoisotopic (exact) mass is 406 g/mol. The lowest BCUT2D eigenvalue weighted by Gasteiger charge is -2.30. The molecule has 6 nitrogen and oxygen atoms in total. The molecule has 1 N–H and O–H groups in total. The van der Waals surface area contributed by atoms with Crippen LogP contribution in [0.5, 0.6) is 0 Å². The van der Waals surface area contributed by atoms with Gasteiger partial charge in [-0.05, 0) is 24.6 Å². The Kier molecular flexibility index (Phi) is 4.36. The van der Waals surface area contributed by atoms with Gasteiger partial charge in [0.1, 0.15) is 0 Å². The number of aromatic amines is 1. The Morgan fingerprint density at radius 2 is 2.07 bits per heavy atom. The molecule has 1 aliphatic rings. The molecule has 0 saturated carbocycles. The number of rotatable bonds is 2. The summed E-state index contributed by atoms with van der Waals surface area (Å²) >= 11 is 0. The number of nitrogens with zero attached hydrogens (tertiary/aromatic N) is 1. The van der Waals surface area contributed by atoms with Gasteiger partial charge in [0.25, 0.3) is 0 Å². The van der Waals surface area contributed by atoms with Crippen LogP contribution in [-0.2, 0) is 13.6 Å². The number of pyridine rings is 2. The van der Waals surface area contributed by atoms with Crippen LogP contribution >= 0.6 is 7.60 Å². The average molecular weight is 406 g/mol. The summed E-state index contributed by atoms with van der Waals surface area (Å²) < 4.78 is 25.1. The fourth-order valence-corrected chi connectivity index (χ4v) is 5.48. The van der Waals surface area contributed by atoms with Gasteiger partial charge in [-0.15, -0.1) is 0 Å². The number of fused-ring (bicyclic) bond motifs is 3. The molecule has 146 valence electrons. The molecular formula is C22H19N2O4P. The zero-order valence-corrected chi connectivity index (χ0v) is 16.7. The van der Waals surface area contributed by atoms with Gasteiger partial charge in [0.2, 0.25) is 0 Å². The second kappa shape index (κ2) is 6.92. The zero-order valence-electron chi connectivity index (χ0n) is 15.8. The largest absolute Gasteiger partial charge is 0.363 e. The highest BCUT2D eigenvalue weighted by Crippen LogP contribution is 2.55. The van der Waals surface area contributed by atoms with Crippen molar-refractivity contribution in [2.75, 3.05) is 6.61 Å². The summed E-state index contributed by atoms with van der Waals surface area (Å²) in [6, 6.07) is 14.8. The third-order valence-corrected chi connectivity index (χ3v) is 7.14. The van der Waals surface area contributed by atoms with E-state index in [1.165, 1.54) is 12.3 Å². The maximum atomic E-state index is 13.5. The van der Waals surface area contributed by atoms with Crippen molar-refractivity contribution >= 4 is 34.7 Å². The molecule has 0 amide bonds. The van der Waals surface area contributed by atoms with E-state index >= 15 is 0 Å². The fraction of sp³-hybridized carbons (Fsp3) is 0.182. The summed E-state index contributed by atoms with van der Waals surface area (Å²) in [6.07, 6.45) is 3.46. The van der Waals surface area contributed by atoms with Crippen LogP contribution in [0.25, 0.3) is 21.8 Å². The van der Waals surface area contributed by atoms with Crippen molar-refractivity contribution in [1.29, 1.82) is 0 Å². The first-order valence-electron chi connectivity index (χ1n) is 9.44. The van der Waals surface area contributed by atoms with Gasteiger partial charge >= 0.3 is 7.60 Å². The van der Waals surface area contributed by atoms with E-state index in [0.717, 1.165) is 16.5 Å². The molecule has 2 aromatic heterocycles. The van der Waals surface area contributed by atoms with Crippen molar-refractivity contribution in [3.8, 4) is 0 Å². The summed E-state index contributed by atoms with van der Waals surface area (Å²) in [7, 11) is -3.51. The summed E-state index contributed by atoms with van der Waals surface area (Å²) in [5.74, 6) is 0. The van der Waals surface area contributed by atoms with Crippen LogP contribution in [0.15, 0.2) is 65.7 Å². The van der Waals surface area contributed by atoms with E-state index in [1.54, 1.807) is 24.4 Å². The van der Waals surface area contributed by atoms with Gasteiger partial charge in [-0.25, -0.2) is 0 Å². The number of H-pyrrole nitrogens is 1. The SMILES string of the molecule is Cc1cccc([C@@H]2CCO[P@@](=O)(c3cnc4c(ccc5c(=O)cc[nH]c54)c3)O2)c1.